The van der Waals surface area contributed by atoms with Crippen molar-refractivity contribution >= 4 is 23.1 Å². The lowest BCUT2D eigenvalue weighted by Crippen LogP contribution is -2.32. The molecule has 3 rings (SSSR count). The van der Waals surface area contributed by atoms with Crippen molar-refractivity contribution in [2.75, 3.05) is 11.4 Å². The summed E-state index contributed by atoms with van der Waals surface area (Å²) in [6.45, 7) is 5.44. The molecule has 5 heteroatoms. The highest BCUT2D eigenvalue weighted by Gasteiger charge is 2.28. The average Bonchev–Trinajstić information content (AvgIpc) is 2.92. The standard InChI is InChI=1S/C12H15ClN4/c1-3-8(2)16-7-5-9-11(13)15-10-4-6-14-17(10)12(9)16/h4,6,8H,3,5,7H2,1-2H3. The van der Waals surface area contributed by atoms with Gasteiger partial charge in [0.15, 0.2) is 5.65 Å². The van der Waals surface area contributed by atoms with Crippen LogP contribution in [0.3, 0.4) is 0 Å². The Balaban J connectivity index is 2.24. The van der Waals surface area contributed by atoms with Gasteiger partial charge in [-0.3, -0.25) is 0 Å². The van der Waals surface area contributed by atoms with Gasteiger partial charge in [-0.05, 0) is 19.8 Å². The van der Waals surface area contributed by atoms with Gasteiger partial charge in [0.25, 0.3) is 0 Å². The lowest BCUT2D eigenvalue weighted by Gasteiger charge is -2.26. The van der Waals surface area contributed by atoms with Gasteiger partial charge in [-0.2, -0.15) is 9.61 Å². The van der Waals surface area contributed by atoms with Crippen molar-refractivity contribution in [2.45, 2.75) is 32.7 Å². The molecular weight excluding hydrogens is 236 g/mol. The molecule has 2 aromatic heterocycles. The van der Waals surface area contributed by atoms with Gasteiger partial charge in [0.2, 0.25) is 0 Å². The van der Waals surface area contributed by atoms with Crippen LogP contribution in [0.25, 0.3) is 5.65 Å². The van der Waals surface area contributed by atoms with Gasteiger partial charge < -0.3 is 4.90 Å². The van der Waals surface area contributed by atoms with Gasteiger partial charge in [-0.25, -0.2) is 4.98 Å². The predicted molar refractivity (Wildman–Crippen MR) is 68.8 cm³/mol. The zero-order valence-electron chi connectivity index (χ0n) is 10.0. The minimum Gasteiger partial charge on any atom is -0.353 e. The normalized spacial score (nSPS) is 16.5. The first-order valence-electron chi connectivity index (χ1n) is 6.01. The van der Waals surface area contributed by atoms with E-state index in [1.807, 2.05) is 10.6 Å². The van der Waals surface area contributed by atoms with Crippen LogP contribution in [0, 0.1) is 0 Å². The summed E-state index contributed by atoms with van der Waals surface area (Å²) >= 11 is 6.24. The van der Waals surface area contributed by atoms with Gasteiger partial charge in [0.1, 0.15) is 11.0 Å². The first-order valence-corrected chi connectivity index (χ1v) is 6.39. The van der Waals surface area contributed by atoms with E-state index < -0.39 is 0 Å². The number of hydrogen-bond acceptors (Lipinski definition) is 3. The molecule has 4 nitrogen and oxygen atoms in total. The molecule has 0 saturated carbocycles. The van der Waals surface area contributed by atoms with E-state index in [4.69, 9.17) is 11.6 Å². The van der Waals surface area contributed by atoms with Gasteiger partial charge >= 0.3 is 0 Å². The van der Waals surface area contributed by atoms with E-state index in [1.165, 1.54) is 0 Å². The van der Waals surface area contributed by atoms with Crippen molar-refractivity contribution < 1.29 is 0 Å². The third-order valence-electron chi connectivity index (χ3n) is 3.55. The topological polar surface area (TPSA) is 33.4 Å². The molecule has 0 spiro atoms. The summed E-state index contributed by atoms with van der Waals surface area (Å²) in [5.74, 6) is 1.12. The highest BCUT2D eigenvalue weighted by molar-refractivity contribution is 6.30. The van der Waals surface area contributed by atoms with Crippen LogP contribution in [0.2, 0.25) is 5.15 Å². The minimum atomic E-state index is 0.502. The molecule has 1 aliphatic heterocycles. The maximum atomic E-state index is 6.24. The second kappa shape index (κ2) is 3.88. The van der Waals surface area contributed by atoms with Crippen molar-refractivity contribution in [3.05, 3.63) is 23.0 Å². The van der Waals surface area contributed by atoms with Crippen molar-refractivity contribution in [2.24, 2.45) is 0 Å². The van der Waals surface area contributed by atoms with Crippen molar-refractivity contribution in [1.29, 1.82) is 0 Å². The number of aromatic nitrogens is 3. The molecule has 0 aromatic carbocycles. The molecule has 3 heterocycles. The average molecular weight is 251 g/mol. The number of fused-ring (bicyclic) bond motifs is 3. The lowest BCUT2D eigenvalue weighted by molar-refractivity contribution is 0.623. The van der Waals surface area contributed by atoms with Crippen LogP contribution in [-0.2, 0) is 6.42 Å². The molecule has 0 amide bonds. The molecule has 1 unspecified atom stereocenters. The Labute approximate surface area is 105 Å². The Kier molecular flexibility index (Phi) is 2.47. The lowest BCUT2D eigenvalue weighted by atomic mass is 10.2. The Morgan fingerprint density at radius 2 is 2.35 bits per heavy atom. The summed E-state index contributed by atoms with van der Waals surface area (Å²) in [5, 5.41) is 4.98. The first-order chi connectivity index (χ1) is 8.22. The smallest absolute Gasteiger partial charge is 0.159 e. The Hall–Kier alpha value is -1.29. The van der Waals surface area contributed by atoms with Crippen LogP contribution in [0.1, 0.15) is 25.8 Å². The molecule has 2 aromatic rings. The summed E-state index contributed by atoms with van der Waals surface area (Å²) in [6, 6.07) is 2.39. The largest absolute Gasteiger partial charge is 0.353 e. The monoisotopic (exact) mass is 250 g/mol. The second-order valence-electron chi connectivity index (χ2n) is 4.51. The molecule has 0 saturated heterocycles. The number of hydrogen-bond donors (Lipinski definition) is 0. The fourth-order valence-electron chi connectivity index (χ4n) is 2.43. The number of nitrogens with zero attached hydrogens (tertiary/aromatic N) is 4. The summed E-state index contributed by atoms with van der Waals surface area (Å²) in [7, 11) is 0. The quantitative estimate of drug-likeness (QED) is 0.768. The Morgan fingerprint density at radius 3 is 3.12 bits per heavy atom. The fourth-order valence-corrected chi connectivity index (χ4v) is 2.70. The van der Waals surface area contributed by atoms with Crippen molar-refractivity contribution in [3.63, 3.8) is 0 Å². The highest BCUT2D eigenvalue weighted by atomic mass is 35.5. The highest BCUT2D eigenvalue weighted by Crippen LogP contribution is 2.34. The predicted octanol–water partition coefficient (Wildman–Crippen LogP) is 2.54. The third kappa shape index (κ3) is 1.51. The zero-order valence-corrected chi connectivity index (χ0v) is 10.8. The van der Waals surface area contributed by atoms with Gasteiger partial charge in [0, 0.05) is 24.2 Å². The maximum Gasteiger partial charge on any atom is 0.159 e. The number of anilines is 1. The van der Waals surface area contributed by atoms with Gasteiger partial charge in [-0.15, -0.1) is 0 Å². The molecule has 0 bridgehead atoms. The Bertz CT molecular complexity index is 563. The van der Waals surface area contributed by atoms with Crippen LogP contribution >= 0.6 is 11.6 Å². The molecule has 17 heavy (non-hydrogen) atoms. The summed E-state index contributed by atoms with van der Waals surface area (Å²) in [6.07, 6.45) is 3.84. The maximum absolute atomic E-state index is 6.24. The third-order valence-corrected chi connectivity index (χ3v) is 3.87. The molecule has 1 atom stereocenters. The molecular formula is C12H15ClN4. The summed E-state index contributed by atoms with van der Waals surface area (Å²) < 4.78 is 1.90. The fraction of sp³-hybridized carbons (Fsp3) is 0.500. The van der Waals surface area contributed by atoms with Gasteiger partial charge in [-0.1, -0.05) is 18.5 Å². The van der Waals surface area contributed by atoms with Crippen LogP contribution < -0.4 is 4.90 Å². The number of rotatable bonds is 2. The zero-order chi connectivity index (χ0) is 12.0. The van der Waals surface area contributed by atoms with Crippen LogP contribution in [-0.4, -0.2) is 27.2 Å². The molecule has 0 radical (unpaired) electrons. The minimum absolute atomic E-state index is 0.502. The first kappa shape index (κ1) is 10.8. The molecule has 0 N–H and O–H groups in total. The van der Waals surface area contributed by atoms with E-state index in [-0.39, 0.29) is 0 Å². The van der Waals surface area contributed by atoms with Crippen LogP contribution in [0.5, 0.6) is 0 Å². The molecule has 1 aliphatic rings. The van der Waals surface area contributed by atoms with Crippen molar-refractivity contribution in [3.8, 4) is 0 Å². The van der Waals surface area contributed by atoms with E-state index >= 15 is 0 Å². The van der Waals surface area contributed by atoms with E-state index in [2.05, 4.69) is 28.8 Å². The van der Waals surface area contributed by atoms with Crippen LogP contribution in [0.4, 0.5) is 5.82 Å². The molecule has 90 valence electrons. The van der Waals surface area contributed by atoms with E-state index in [0.717, 1.165) is 36.4 Å². The second-order valence-corrected chi connectivity index (χ2v) is 4.86. The van der Waals surface area contributed by atoms with Gasteiger partial charge in [0.05, 0.1) is 6.20 Å². The SMILES string of the molecule is CCC(C)N1CCc2c(Cl)nc3ccnn3c21. The molecule has 0 aliphatic carbocycles. The van der Waals surface area contributed by atoms with E-state index in [9.17, 15) is 0 Å². The summed E-state index contributed by atoms with van der Waals surface area (Å²) in [4.78, 5) is 6.74. The Morgan fingerprint density at radius 1 is 1.53 bits per heavy atom. The van der Waals surface area contributed by atoms with E-state index in [1.54, 1.807) is 6.20 Å². The van der Waals surface area contributed by atoms with Crippen molar-refractivity contribution in [1.82, 2.24) is 14.6 Å². The van der Waals surface area contributed by atoms with Crippen LogP contribution in [0.15, 0.2) is 12.3 Å². The molecule has 0 fully saturated rings. The summed E-state index contributed by atoms with van der Waals surface area (Å²) in [5.41, 5.74) is 1.95. The number of halogens is 1. The van der Waals surface area contributed by atoms with E-state index in [0.29, 0.717) is 11.2 Å².